The molecule has 0 saturated carbocycles. The van der Waals surface area contributed by atoms with E-state index in [0.717, 1.165) is 0 Å². The van der Waals surface area contributed by atoms with Crippen LogP contribution >= 0.6 is 0 Å². The zero-order valence-electron chi connectivity index (χ0n) is 8.80. The van der Waals surface area contributed by atoms with Crippen LogP contribution in [-0.2, 0) is 10.2 Å². The van der Waals surface area contributed by atoms with Gasteiger partial charge in [-0.1, -0.05) is 13.8 Å². The summed E-state index contributed by atoms with van der Waals surface area (Å²) in [6.45, 7) is 3.81. The van der Waals surface area contributed by atoms with E-state index in [1.54, 1.807) is 0 Å². The largest absolute Gasteiger partial charge is 0.308 e. The fourth-order valence-corrected chi connectivity index (χ4v) is 2.13. The van der Waals surface area contributed by atoms with Crippen molar-refractivity contribution in [2.24, 2.45) is 0 Å². The summed E-state index contributed by atoms with van der Waals surface area (Å²) in [6.07, 6.45) is 2.96. The van der Waals surface area contributed by atoms with E-state index in [0.29, 0.717) is 5.82 Å². The van der Waals surface area contributed by atoms with Gasteiger partial charge in [0.05, 0.1) is 0 Å². The molecule has 0 aliphatic rings. The molecule has 0 saturated heterocycles. The summed E-state index contributed by atoms with van der Waals surface area (Å²) in [5.74, 6) is 0.637. The lowest BCUT2D eigenvalue weighted by molar-refractivity contribution is 0.506. The molecule has 80 valence electrons. The number of rotatable bonds is 3. The second-order valence-electron chi connectivity index (χ2n) is 3.53. The number of hydrogen-bond acceptors (Lipinski definition) is 3. The predicted molar refractivity (Wildman–Crippen MR) is 54.3 cm³/mol. The summed E-state index contributed by atoms with van der Waals surface area (Å²) in [5.41, 5.74) is 0. The topological polar surface area (TPSA) is 55.2 Å². The Morgan fingerprint density at radius 3 is 2.43 bits per heavy atom. The predicted octanol–water partition coefficient (Wildman–Crippen LogP) is 0.661. The lowest BCUT2D eigenvalue weighted by Gasteiger charge is -2.15. The zero-order chi connectivity index (χ0) is 10.9. The van der Waals surface area contributed by atoms with Crippen LogP contribution in [0.5, 0.6) is 0 Å². The van der Waals surface area contributed by atoms with Gasteiger partial charge in [-0.2, -0.15) is 12.7 Å². The minimum Gasteiger partial charge on any atom is -0.240 e. The van der Waals surface area contributed by atoms with Gasteiger partial charge in [0, 0.05) is 32.4 Å². The number of nitrogens with zero attached hydrogens (tertiary/aromatic N) is 3. The van der Waals surface area contributed by atoms with E-state index >= 15 is 0 Å². The molecule has 0 atom stereocenters. The van der Waals surface area contributed by atoms with Crippen LogP contribution in [0.15, 0.2) is 12.4 Å². The van der Waals surface area contributed by atoms with Crippen LogP contribution in [0, 0.1) is 0 Å². The van der Waals surface area contributed by atoms with Crippen LogP contribution in [0.2, 0.25) is 0 Å². The average Bonchev–Trinajstić information content (AvgIpc) is 2.51. The van der Waals surface area contributed by atoms with Crippen molar-refractivity contribution in [3.8, 4) is 0 Å². The molecule has 0 amide bonds. The van der Waals surface area contributed by atoms with E-state index in [1.807, 2.05) is 13.8 Å². The molecule has 0 aromatic carbocycles. The highest BCUT2D eigenvalue weighted by atomic mass is 32.2. The van der Waals surface area contributed by atoms with Crippen LogP contribution in [-0.4, -0.2) is 35.8 Å². The first-order valence-electron chi connectivity index (χ1n) is 4.33. The highest BCUT2D eigenvalue weighted by Crippen LogP contribution is 2.14. The van der Waals surface area contributed by atoms with Crippen molar-refractivity contribution in [3.63, 3.8) is 0 Å². The molecule has 0 aliphatic carbocycles. The van der Waals surface area contributed by atoms with Gasteiger partial charge in [-0.05, 0) is 0 Å². The minimum absolute atomic E-state index is 0.0831. The Balaban J connectivity index is 3.27. The maximum absolute atomic E-state index is 11.8. The van der Waals surface area contributed by atoms with Crippen LogP contribution in [0.25, 0.3) is 0 Å². The first-order chi connectivity index (χ1) is 6.37. The van der Waals surface area contributed by atoms with Gasteiger partial charge in [-0.15, -0.1) is 0 Å². The van der Waals surface area contributed by atoms with Crippen LogP contribution in [0.4, 0.5) is 0 Å². The minimum atomic E-state index is -3.42. The Morgan fingerprint density at radius 1 is 1.43 bits per heavy atom. The van der Waals surface area contributed by atoms with Gasteiger partial charge in [0.25, 0.3) is 0 Å². The van der Waals surface area contributed by atoms with E-state index in [4.69, 9.17) is 0 Å². The summed E-state index contributed by atoms with van der Waals surface area (Å²) in [5, 5.41) is 0. The highest BCUT2D eigenvalue weighted by molar-refractivity contribution is 7.87. The molecule has 1 aromatic heterocycles. The van der Waals surface area contributed by atoms with Crippen LogP contribution in [0.3, 0.4) is 0 Å². The molecule has 0 unspecified atom stereocenters. The summed E-state index contributed by atoms with van der Waals surface area (Å²) in [4.78, 5) is 4.02. The van der Waals surface area contributed by atoms with Crippen LogP contribution in [0.1, 0.15) is 25.6 Å². The molecule has 1 rings (SSSR count). The normalized spacial score (nSPS) is 12.7. The summed E-state index contributed by atoms with van der Waals surface area (Å²) in [6, 6.07) is 0. The van der Waals surface area contributed by atoms with Gasteiger partial charge >= 0.3 is 10.2 Å². The van der Waals surface area contributed by atoms with Gasteiger partial charge < -0.3 is 0 Å². The Bertz CT molecular complexity index is 406. The molecule has 0 radical (unpaired) electrons. The standard InChI is InChI=1S/C8H15N3O2S/c1-7(2)8-9-5-6-11(8)14(12,13)10(3)4/h5-7H,1-4H3. The molecule has 6 heteroatoms. The SMILES string of the molecule is CC(C)c1nccn1S(=O)(=O)N(C)C. The molecule has 0 bridgehead atoms. The van der Waals surface area contributed by atoms with E-state index in [2.05, 4.69) is 4.98 Å². The monoisotopic (exact) mass is 217 g/mol. The molecule has 14 heavy (non-hydrogen) atoms. The maximum atomic E-state index is 11.8. The molecule has 5 nitrogen and oxygen atoms in total. The first kappa shape index (κ1) is 11.2. The lowest BCUT2D eigenvalue weighted by atomic mass is 10.2. The van der Waals surface area contributed by atoms with Gasteiger partial charge in [0.15, 0.2) is 0 Å². The number of imidazole rings is 1. The third-order valence-electron chi connectivity index (χ3n) is 1.86. The Labute approximate surface area is 84.6 Å². The van der Waals surface area contributed by atoms with Crippen molar-refractivity contribution in [3.05, 3.63) is 18.2 Å². The van der Waals surface area contributed by atoms with Gasteiger partial charge in [-0.25, -0.2) is 8.96 Å². The molecular formula is C8H15N3O2S. The molecule has 0 spiro atoms. The summed E-state index contributed by atoms with van der Waals surface area (Å²) in [7, 11) is -0.423. The van der Waals surface area contributed by atoms with E-state index in [-0.39, 0.29) is 5.92 Å². The third-order valence-corrected chi connectivity index (χ3v) is 3.59. The Morgan fingerprint density at radius 2 is 2.00 bits per heavy atom. The third kappa shape index (κ3) is 1.80. The maximum Gasteiger partial charge on any atom is 0.308 e. The average molecular weight is 217 g/mol. The van der Waals surface area contributed by atoms with Crippen LogP contribution < -0.4 is 0 Å². The van der Waals surface area contributed by atoms with Crippen molar-refractivity contribution >= 4 is 10.2 Å². The van der Waals surface area contributed by atoms with Gasteiger partial charge in [-0.3, -0.25) is 0 Å². The fourth-order valence-electron chi connectivity index (χ4n) is 1.08. The van der Waals surface area contributed by atoms with Gasteiger partial charge in [0.1, 0.15) is 5.82 Å². The zero-order valence-corrected chi connectivity index (χ0v) is 9.61. The molecule has 0 N–H and O–H groups in total. The van der Waals surface area contributed by atoms with Crippen molar-refractivity contribution < 1.29 is 8.42 Å². The second kappa shape index (κ2) is 3.70. The van der Waals surface area contributed by atoms with E-state index in [1.165, 1.54) is 34.8 Å². The lowest BCUT2D eigenvalue weighted by Crippen LogP contribution is -2.29. The smallest absolute Gasteiger partial charge is 0.240 e. The molecule has 0 fully saturated rings. The van der Waals surface area contributed by atoms with Crippen molar-refractivity contribution in [2.75, 3.05) is 14.1 Å². The number of aromatic nitrogens is 2. The summed E-state index contributed by atoms with van der Waals surface area (Å²) < 4.78 is 25.9. The van der Waals surface area contributed by atoms with Gasteiger partial charge in [0.2, 0.25) is 0 Å². The second-order valence-corrected chi connectivity index (χ2v) is 5.55. The Hall–Kier alpha value is -0.880. The fraction of sp³-hybridized carbons (Fsp3) is 0.625. The van der Waals surface area contributed by atoms with Crippen molar-refractivity contribution in [1.29, 1.82) is 0 Å². The number of hydrogen-bond donors (Lipinski definition) is 0. The molecule has 1 heterocycles. The molecule has 1 aromatic rings. The Kier molecular flexibility index (Phi) is 2.96. The first-order valence-corrected chi connectivity index (χ1v) is 5.73. The highest BCUT2D eigenvalue weighted by Gasteiger charge is 2.20. The van der Waals surface area contributed by atoms with Crippen molar-refractivity contribution in [2.45, 2.75) is 19.8 Å². The molecule has 0 aliphatic heterocycles. The van der Waals surface area contributed by atoms with E-state index in [9.17, 15) is 8.42 Å². The van der Waals surface area contributed by atoms with E-state index < -0.39 is 10.2 Å². The van der Waals surface area contributed by atoms with Crippen molar-refractivity contribution in [1.82, 2.24) is 13.3 Å². The quantitative estimate of drug-likeness (QED) is 0.747. The summed E-state index contributed by atoms with van der Waals surface area (Å²) >= 11 is 0. The molecular weight excluding hydrogens is 202 g/mol.